The second kappa shape index (κ2) is 8.95. The molecule has 29 heavy (non-hydrogen) atoms. The first-order chi connectivity index (χ1) is 14.2. The van der Waals surface area contributed by atoms with E-state index in [1.807, 2.05) is 13.0 Å². The third-order valence-electron chi connectivity index (χ3n) is 6.32. The molecule has 2 aliphatic heterocycles. The number of nitrogens with zero attached hydrogens (tertiary/aromatic N) is 3. The van der Waals surface area contributed by atoms with E-state index in [-0.39, 0.29) is 5.91 Å². The van der Waals surface area contributed by atoms with Crippen molar-refractivity contribution in [3.05, 3.63) is 59.8 Å². The van der Waals surface area contributed by atoms with Crippen molar-refractivity contribution < 1.29 is 4.79 Å². The Balaban J connectivity index is 1.46. The van der Waals surface area contributed by atoms with Crippen molar-refractivity contribution in [1.29, 1.82) is 0 Å². The first-order valence-corrected chi connectivity index (χ1v) is 10.9. The van der Waals surface area contributed by atoms with Gasteiger partial charge in [0, 0.05) is 49.9 Å². The number of nitrogens with one attached hydrogen (secondary N) is 1. The SMILES string of the molecule is CCNC(=O)c1ccnc(N2CCCC3(CCCN(Cc4ccccc4)C3)C2)c1. The van der Waals surface area contributed by atoms with Crippen LogP contribution in [-0.4, -0.2) is 48.5 Å². The minimum absolute atomic E-state index is 0.0189. The molecule has 2 aromatic rings. The van der Waals surface area contributed by atoms with Crippen LogP contribution < -0.4 is 10.2 Å². The number of pyridine rings is 1. The van der Waals surface area contributed by atoms with Gasteiger partial charge in [-0.05, 0) is 56.8 Å². The molecule has 1 aromatic carbocycles. The molecule has 1 spiro atoms. The number of benzene rings is 1. The molecule has 0 saturated carbocycles. The Labute approximate surface area is 174 Å². The zero-order chi connectivity index (χ0) is 20.1. The van der Waals surface area contributed by atoms with Crippen LogP contribution in [0.5, 0.6) is 0 Å². The third kappa shape index (κ3) is 4.78. The second-order valence-electron chi connectivity index (χ2n) is 8.59. The number of likely N-dealkylation sites (tertiary alicyclic amines) is 1. The number of piperidine rings is 2. The number of carbonyl (C=O) groups excluding carboxylic acids is 1. The van der Waals surface area contributed by atoms with Gasteiger partial charge < -0.3 is 10.2 Å². The lowest BCUT2D eigenvalue weighted by atomic mass is 9.73. The predicted octanol–water partition coefficient (Wildman–Crippen LogP) is 3.71. The van der Waals surface area contributed by atoms with Gasteiger partial charge in [0.05, 0.1) is 0 Å². The standard InChI is InChI=1S/C24H32N4O/c1-2-25-23(29)21-10-13-26-22(16-21)28-15-7-12-24(19-28)11-6-14-27(18-24)17-20-8-4-3-5-9-20/h3-5,8-10,13,16H,2,6-7,11-12,14-15,17-19H2,1H3,(H,25,29). The van der Waals surface area contributed by atoms with Crippen LogP contribution in [0, 0.1) is 5.41 Å². The highest BCUT2D eigenvalue weighted by Gasteiger charge is 2.39. The van der Waals surface area contributed by atoms with E-state index in [2.05, 4.69) is 50.4 Å². The molecular formula is C24H32N4O. The van der Waals surface area contributed by atoms with Crippen molar-refractivity contribution in [2.24, 2.45) is 5.41 Å². The van der Waals surface area contributed by atoms with E-state index < -0.39 is 0 Å². The number of carbonyl (C=O) groups is 1. The molecule has 5 nitrogen and oxygen atoms in total. The van der Waals surface area contributed by atoms with Crippen molar-refractivity contribution in [3.63, 3.8) is 0 Å². The molecule has 0 aliphatic carbocycles. The van der Waals surface area contributed by atoms with Gasteiger partial charge in [0.25, 0.3) is 5.91 Å². The molecule has 1 amide bonds. The van der Waals surface area contributed by atoms with Crippen molar-refractivity contribution in [2.75, 3.05) is 37.6 Å². The molecule has 1 unspecified atom stereocenters. The summed E-state index contributed by atoms with van der Waals surface area (Å²) in [5.41, 5.74) is 2.42. The lowest BCUT2D eigenvalue weighted by molar-refractivity contribution is 0.0683. The van der Waals surface area contributed by atoms with Crippen LogP contribution in [0.1, 0.15) is 48.5 Å². The third-order valence-corrected chi connectivity index (χ3v) is 6.32. The molecule has 1 atom stereocenters. The van der Waals surface area contributed by atoms with E-state index in [0.29, 0.717) is 17.5 Å². The van der Waals surface area contributed by atoms with Gasteiger partial charge >= 0.3 is 0 Å². The average molecular weight is 393 g/mol. The van der Waals surface area contributed by atoms with E-state index in [1.54, 1.807) is 12.3 Å². The summed E-state index contributed by atoms with van der Waals surface area (Å²) in [5, 5.41) is 2.89. The molecular weight excluding hydrogens is 360 g/mol. The van der Waals surface area contributed by atoms with Gasteiger partial charge in [-0.1, -0.05) is 30.3 Å². The van der Waals surface area contributed by atoms with Crippen LogP contribution in [0.25, 0.3) is 0 Å². The normalized spacial score (nSPS) is 22.6. The lowest BCUT2D eigenvalue weighted by Crippen LogP contribution is -2.52. The zero-order valence-corrected chi connectivity index (χ0v) is 17.4. The average Bonchev–Trinajstić information content (AvgIpc) is 2.75. The number of hydrogen-bond donors (Lipinski definition) is 1. The fourth-order valence-corrected chi connectivity index (χ4v) is 5.02. The summed E-state index contributed by atoms with van der Waals surface area (Å²) in [7, 11) is 0. The Morgan fingerprint density at radius 3 is 2.69 bits per heavy atom. The summed E-state index contributed by atoms with van der Waals surface area (Å²) in [4.78, 5) is 21.9. The molecule has 1 aromatic heterocycles. The van der Waals surface area contributed by atoms with Gasteiger partial charge in [0.15, 0.2) is 0 Å². The van der Waals surface area contributed by atoms with E-state index in [1.165, 1.54) is 37.8 Å². The van der Waals surface area contributed by atoms with E-state index in [9.17, 15) is 4.79 Å². The summed E-state index contributed by atoms with van der Waals surface area (Å²) in [6.07, 6.45) is 6.78. The van der Waals surface area contributed by atoms with Crippen LogP contribution in [0.2, 0.25) is 0 Å². The number of rotatable bonds is 5. The Bertz CT molecular complexity index is 821. The van der Waals surface area contributed by atoms with Gasteiger partial charge in [0.2, 0.25) is 0 Å². The lowest BCUT2D eigenvalue weighted by Gasteiger charge is -2.49. The Morgan fingerprint density at radius 2 is 1.90 bits per heavy atom. The summed E-state index contributed by atoms with van der Waals surface area (Å²) in [6, 6.07) is 14.6. The van der Waals surface area contributed by atoms with Crippen LogP contribution in [0.4, 0.5) is 5.82 Å². The van der Waals surface area contributed by atoms with Crippen molar-refractivity contribution >= 4 is 11.7 Å². The highest BCUT2D eigenvalue weighted by molar-refractivity contribution is 5.94. The van der Waals surface area contributed by atoms with Gasteiger partial charge in [-0.15, -0.1) is 0 Å². The Morgan fingerprint density at radius 1 is 1.10 bits per heavy atom. The van der Waals surface area contributed by atoms with E-state index >= 15 is 0 Å². The smallest absolute Gasteiger partial charge is 0.251 e. The van der Waals surface area contributed by atoms with Crippen LogP contribution >= 0.6 is 0 Å². The highest BCUT2D eigenvalue weighted by Crippen LogP contribution is 2.40. The number of amides is 1. The molecule has 2 aliphatic rings. The van der Waals surface area contributed by atoms with Crippen molar-refractivity contribution in [1.82, 2.24) is 15.2 Å². The second-order valence-corrected chi connectivity index (χ2v) is 8.59. The largest absolute Gasteiger partial charge is 0.356 e. The molecule has 3 heterocycles. The summed E-state index contributed by atoms with van der Waals surface area (Å²) in [5.74, 6) is 0.919. The molecule has 4 rings (SSSR count). The molecule has 1 N–H and O–H groups in total. The van der Waals surface area contributed by atoms with Gasteiger partial charge in [-0.25, -0.2) is 4.98 Å². The molecule has 0 bridgehead atoms. The van der Waals surface area contributed by atoms with Crippen molar-refractivity contribution in [2.45, 2.75) is 39.2 Å². The first-order valence-electron chi connectivity index (χ1n) is 10.9. The molecule has 154 valence electrons. The summed E-state index contributed by atoms with van der Waals surface area (Å²) >= 11 is 0. The Hall–Kier alpha value is -2.40. The maximum Gasteiger partial charge on any atom is 0.251 e. The minimum atomic E-state index is -0.0189. The van der Waals surface area contributed by atoms with Crippen LogP contribution in [0.15, 0.2) is 48.7 Å². The molecule has 0 radical (unpaired) electrons. The predicted molar refractivity (Wildman–Crippen MR) is 117 cm³/mol. The van der Waals surface area contributed by atoms with E-state index in [4.69, 9.17) is 0 Å². The maximum absolute atomic E-state index is 12.2. The number of anilines is 1. The molecule has 2 fully saturated rings. The fourth-order valence-electron chi connectivity index (χ4n) is 5.02. The van der Waals surface area contributed by atoms with Gasteiger partial charge in [-0.3, -0.25) is 9.69 Å². The zero-order valence-electron chi connectivity index (χ0n) is 17.4. The topological polar surface area (TPSA) is 48.5 Å². The molecule has 5 heteroatoms. The van der Waals surface area contributed by atoms with E-state index in [0.717, 1.165) is 32.0 Å². The first kappa shape index (κ1) is 19.9. The fraction of sp³-hybridized carbons (Fsp3) is 0.500. The number of hydrogen-bond acceptors (Lipinski definition) is 4. The highest BCUT2D eigenvalue weighted by atomic mass is 16.1. The van der Waals surface area contributed by atoms with Crippen LogP contribution in [-0.2, 0) is 6.54 Å². The van der Waals surface area contributed by atoms with Gasteiger partial charge in [-0.2, -0.15) is 0 Å². The minimum Gasteiger partial charge on any atom is -0.356 e. The van der Waals surface area contributed by atoms with Gasteiger partial charge in [0.1, 0.15) is 5.82 Å². The van der Waals surface area contributed by atoms with Crippen molar-refractivity contribution in [3.8, 4) is 0 Å². The summed E-state index contributed by atoms with van der Waals surface area (Å²) in [6.45, 7) is 8.00. The maximum atomic E-state index is 12.2. The quantitative estimate of drug-likeness (QED) is 0.843. The monoisotopic (exact) mass is 392 g/mol. The van der Waals surface area contributed by atoms with Crippen LogP contribution in [0.3, 0.4) is 0 Å². The summed E-state index contributed by atoms with van der Waals surface area (Å²) < 4.78 is 0. The molecule has 2 saturated heterocycles. The number of aromatic nitrogens is 1. The Kier molecular flexibility index (Phi) is 6.14.